The van der Waals surface area contributed by atoms with E-state index in [0.717, 1.165) is 42.9 Å². The molecule has 3 aromatic rings. The lowest BCUT2D eigenvalue weighted by Crippen LogP contribution is -2.29. The largest absolute Gasteiger partial charge is 0.352 e. The van der Waals surface area contributed by atoms with Crippen molar-refractivity contribution in [3.05, 3.63) is 42.4 Å². The molecule has 1 aromatic carbocycles. The van der Waals surface area contributed by atoms with E-state index in [0.29, 0.717) is 24.1 Å². The molecule has 2 N–H and O–H groups in total. The number of fused-ring (bicyclic) bond motifs is 1. The summed E-state index contributed by atoms with van der Waals surface area (Å²) in [5.41, 5.74) is 3.18. The van der Waals surface area contributed by atoms with Crippen LogP contribution >= 0.6 is 0 Å². The van der Waals surface area contributed by atoms with Crippen LogP contribution in [0.5, 0.6) is 0 Å². The van der Waals surface area contributed by atoms with Crippen LogP contribution in [0.25, 0.3) is 11.2 Å². The van der Waals surface area contributed by atoms with Gasteiger partial charge < -0.3 is 20.1 Å². The highest BCUT2D eigenvalue weighted by Crippen LogP contribution is 2.31. The molecule has 1 amide bonds. The highest BCUT2D eigenvalue weighted by atomic mass is 16.1. The standard InChI is InChI=1S/C24H33N7O/c1-3-30(4-2)15-7-14-25-23(32)18-10-12-19(13-11-18)28-24-26-16-21-22(29-24)31(17-27-21)20-8-5-6-9-20/h10-13,16-17,20H,3-9,14-15H2,1-2H3,(H,25,32)(H,26,28,29). The number of hydrogen-bond donors (Lipinski definition) is 2. The van der Waals surface area contributed by atoms with E-state index < -0.39 is 0 Å². The summed E-state index contributed by atoms with van der Waals surface area (Å²) in [5.74, 6) is 0.486. The van der Waals surface area contributed by atoms with Crippen LogP contribution in [0.1, 0.15) is 62.4 Å². The van der Waals surface area contributed by atoms with Crippen molar-refractivity contribution >= 4 is 28.7 Å². The number of benzene rings is 1. The van der Waals surface area contributed by atoms with Crippen LogP contribution in [0.3, 0.4) is 0 Å². The molecule has 1 saturated carbocycles. The summed E-state index contributed by atoms with van der Waals surface area (Å²) in [4.78, 5) is 28.3. The normalized spacial score (nSPS) is 14.3. The zero-order valence-electron chi connectivity index (χ0n) is 19.0. The molecule has 170 valence electrons. The third-order valence-electron chi connectivity index (χ3n) is 6.27. The number of anilines is 2. The summed E-state index contributed by atoms with van der Waals surface area (Å²) >= 11 is 0. The first kappa shape index (κ1) is 22.2. The van der Waals surface area contributed by atoms with E-state index in [4.69, 9.17) is 4.98 Å². The molecule has 8 nitrogen and oxygen atoms in total. The predicted molar refractivity (Wildman–Crippen MR) is 127 cm³/mol. The Balaban J connectivity index is 1.34. The van der Waals surface area contributed by atoms with Crippen LogP contribution in [0.2, 0.25) is 0 Å². The van der Waals surface area contributed by atoms with E-state index in [1.165, 1.54) is 25.7 Å². The number of nitrogens with zero attached hydrogens (tertiary/aromatic N) is 5. The molecule has 2 aromatic heterocycles. The minimum absolute atomic E-state index is 0.0470. The van der Waals surface area contributed by atoms with Crippen molar-refractivity contribution in [1.29, 1.82) is 0 Å². The van der Waals surface area contributed by atoms with E-state index in [1.807, 2.05) is 30.6 Å². The fourth-order valence-corrected chi connectivity index (χ4v) is 4.32. The van der Waals surface area contributed by atoms with Crippen LogP contribution in [0.15, 0.2) is 36.8 Å². The summed E-state index contributed by atoms with van der Waals surface area (Å²) in [6.45, 7) is 8.07. The van der Waals surface area contributed by atoms with E-state index in [2.05, 4.69) is 43.9 Å². The highest BCUT2D eigenvalue weighted by molar-refractivity contribution is 5.94. The van der Waals surface area contributed by atoms with Gasteiger partial charge in [-0.3, -0.25) is 4.79 Å². The topological polar surface area (TPSA) is 88.0 Å². The monoisotopic (exact) mass is 435 g/mol. The van der Waals surface area contributed by atoms with Crippen molar-refractivity contribution in [2.45, 2.75) is 52.0 Å². The third-order valence-corrected chi connectivity index (χ3v) is 6.27. The van der Waals surface area contributed by atoms with Crippen molar-refractivity contribution in [1.82, 2.24) is 29.7 Å². The molecule has 1 aliphatic carbocycles. The predicted octanol–water partition coefficient (Wildman–Crippen LogP) is 4.15. The van der Waals surface area contributed by atoms with Gasteiger partial charge >= 0.3 is 0 Å². The minimum Gasteiger partial charge on any atom is -0.352 e. The van der Waals surface area contributed by atoms with Crippen molar-refractivity contribution in [2.24, 2.45) is 0 Å². The highest BCUT2D eigenvalue weighted by Gasteiger charge is 2.19. The lowest BCUT2D eigenvalue weighted by Gasteiger charge is -2.17. The fraction of sp³-hybridized carbons (Fsp3) is 0.500. The molecule has 32 heavy (non-hydrogen) atoms. The van der Waals surface area contributed by atoms with Crippen molar-refractivity contribution < 1.29 is 4.79 Å². The van der Waals surface area contributed by atoms with Gasteiger partial charge in [-0.05, 0) is 63.2 Å². The van der Waals surface area contributed by atoms with Crippen LogP contribution in [-0.2, 0) is 0 Å². The van der Waals surface area contributed by atoms with Crippen molar-refractivity contribution in [3.63, 3.8) is 0 Å². The number of imidazole rings is 1. The molecule has 0 radical (unpaired) electrons. The molecule has 0 atom stereocenters. The molecule has 1 fully saturated rings. The summed E-state index contributed by atoms with van der Waals surface area (Å²) in [6.07, 6.45) is 9.47. The van der Waals surface area contributed by atoms with Crippen molar-refractivity contribution in [2.75, 3.05) is 31.5 Å². The van der Waals surface area contributed by atoms with Gasteiger partial charge in [0, 0.05) is 23.8 Å². The Labute approximate surface area is 189 Å². The molecule has 2 heterocycles. The third kappa shape index (κ3) is 5.24. The number of hydrogen-bond acceptors (Lipinski definition) is 6. The summed E-state index contributed by atoms with van der Waals surface area (Å²) in [7, 11) is 0. The average molecular weight is 436 g/mol. The number of amides is 1. The Bertz CT molecular complexity index is 1020. The number of carbonyl (C=O) groups is 1. The second kappa shape index (κ2) is 10.5. The van der Waals surface area contributed by atoms with E-state index in [1.54, 1.807) is 6.20 Å². The first-order chi connectivity index (χ1) is 15.7. The van der Waals surface area contributed by atoms with E-state index in [9.17, 15) is 4.79 Å². The van der Waals surface area contributed by atoms with Gasteiger partial charge in [-0.2, -0.15) is 4.98 Å². The Morgan fingerprint density at radius 3 is 2.59 bits per heavy atom. The zero-order chi connectivity index (χ0) is 22.3. The lowest BCUT2D eigenvalue weighted by atomic mass is 10.2. The molecule has 0 aliphatic heterocycles. The van der Waals surface area contributed by atoms with Crippen LogP contribution in [0.4, 0.5) is 11.6 Å². The minimum atomic E-state index is -0.0470. The molecular formula is C24H33N7O. The first-order valence-electron chi connectivity index (χ1n) is 11.7. The SMILES string of the molecule is CCN(CC)CCCNC(=O)c1ccc(Nc2ncc3ncn(C4CCCC4)c3n2)cc1. The van der Waals surface area contributed by atoms with Gasteiger partial charge in [-0.15, -0.1) is 0 Å². The summed E-state index contributed by atoms with van der Waals surface area (Å²) in [5, 5.41) is 6.25. The fourth-order valence-electron chi connectivity index (χ4n) is 4.32. The maximum Gasteiger partial charge on any atom is 0.251 e. The van der Waals surface area contributed by atoms with Crippen LogP contribution < -0.4 is 10.6 Å². The lowest BCUT2D eigenvalue weighted by molar-refractivity contribution is 0.0952. The van der Waals surface area contributed by atoms with Gasteiger partial charge in [0.15, 0.2) is 5.65 Å². The van der Waals surface area contributed by atoms with Gasteiger partial charge in [0.05, 0.1) is 12.5 Å². The second-order valence-electron chi connectivity index (χ2n) is 8.33. The summed E-state index contributed by atoms with van der Waals surface area (Å²) in [6, 6.07) is 7.89. The Morgan fingerprint density at radius 1 is 1.12 bits per heavy atom. The zero-order valence-corrected chi connectivity index (χ0v) is 19.0. The molecule has 0 spiro atoms. The smallest absolute Gasteiger partial charge is 0.251 e. The molecular weight excluding hydrogens is 402 g/mol. The first-order valence-corrected chi connectivity index (χ1v) is 11.7. The van der Waals surface area contributed by atoms with Gasteiger partial charge in [0.1, 0.15) is 5.52 Å². The van der Waals surface area contributed by atoms with Crippen LogP contribution in [0, 0.1) is 0 Å². The van der Waals surface area contributed by atoms with Gasteiger partial charge in [-0.1, -0.05) is 26.7 Å². The van der Waals surface area contributed by atoms with Crippen LogP contribution in [-0.4, -0.2) is 56.5 Å². The van der Waals surface area contributed by atoms with Gasteiger partial charge in [0.25, 0.3) is 5.91 Å². The maximum absolute atomic E-state index is 12.4. The average Bonchev–Trinajstić information content (AvgIpc) is 3.49. The number of aromatic nitrogens is 4. The molecule has 0 bridgehead atoms. The van der Waals surface area contributed by atoms with Crippen molar-refractivity contribution in [3.8, 4) is 0 Å². The second-order valence-corrected chi connectivity index (χ2v) is 8.33. The molecule has 4 rings (SSSR count). The maximum atomic E-state index is 12.4. The van der Waals surface area contributed by atoms with Gasteiger partial charge in [0.2, 0.25) is 5.95 Å². The number of nitrogens with one attached hydrogen (secondary N) is 2. The van der Waals surface area contributed by atoms with E-state index >= 15 is 0 Å². The van der Waals surface area contributed by atoms with Gasteiger partial charge in [-0.25, -0.2) is 9.97 Å². The Kier molecular flexibility index (Phi) is 7.32. The molecule has 8 heteroatoms. The molecule has 0 unspecified atom stereocenters. The number of rotatable bonds is 10. The Hall–Kier alpha value is -3.00. The van der Waals surface area contributed by atoms with E-state index in [-0.39, 0.29) is 5.91 Å². The molecule has 1 aliphatic rings. The Morgan fingerprint density at radius 2 is 1.88 bits per heavy atom. The molecule has 0 saturated heterocycles. The quantitative estimate of drug-likeness (QED) is 0.465. The number of carbonyl (C=O) groups excluding carboxylic acids is 1. The summed E-state index contributed by atoms with van der Waals surface area (Å²) < 4.78 is 2.18.